The van der Waals surface area contributed by atoms with E-state index in [1.807, 2.05) is 6.07 Å². The van der Waals surface area contributed by atoms with Crippen LogP contribution < -0.4 is 0 Å². The van der Waals surface area contributed by atoms with Crippen molar-refractivity contribution in [2.75, 3.05) is 0 Å². The molecule has 1 aliphatic carbocycles. The Bertz CT molecular complexity index is 505. The predicted octanol–water partition coefficient (Wildman–Crippen LogP) is 4.38. The second kappa shape index (κ2) is 5.48. The van der Waals surface area contributed by atoms with Gasteiger partial charge >= 0.3 is 0 Å². The van der Waals surface area contributed by atoms with Gasteiger partial charge in [0.2, 0.25) is 0 Å². The molecule has 1 aromatic carbocycles. The number of aliphatic hydroxyl groups is 1. The Morgan fingerprint density at radius 2 is 2.00 bits per heavy atom. The lowest BCUT2D eigenvalue weighted by Gasteiger charge is -2.40. The van der Waals surface area contributed by atoms with E-state index in [0.29, 0.717) is 0 Å². The molecule has 19 heavy (non-hydrogen) atoms. The van der Waals surface area contributed by atoms with Gasteiger partial charge in [0, 0.05) is 12.3 Å². The molecule has 0 radical (unpaired) electrons. The highest BCUT2D eigenvalue weighted by molar-refractivity contribution is 7.07. The van der Waals surface area contributed by atoms with Crippen LogP contribution in [0.15, 0.2) is 47.2 Å². The highest BCUT2D eigenvalue weighted by Crippen LogP contribution is 2.42. The fourth-order valence-corrected chi connectivity index (χ4v) is 4.01. The lowest BCUT2D eigenvalue weighted by molar-refractivity contribution is -0.0166. The molecular formula is C17H20OS. The van der Waals surface area contributed by atoms with Gasteiger partial charge < -0.3 is 5.11 Å². The smallest absolute Gasteiger partial charge is 0.0756 e. The van der Waals surface area contributed by atoms with Crippen LogP contribution in [0.4, 0.5) is 0 Å². The average molecular weight is 272 g/mol. The standard InChI is InChI=1S/C17H20OS/c18-17(12-14-9-11-19-13-14)10-5-4-8-16(17)15-6-2-1-3-7-15/h1-3,6-7,9,11,13,16,18H,4-5,8,10,12H2. The molecular weight excluding hydrogens is 252 g/mol. The molecule has 0 bridgehead atoms. The first-order valence-electron chi connectivity index (χ1n) is 7.06. The SMILES string of the molecule is OC1(Cc2ccsc2)CCCCC1c1ccccc1. The van der Waals surface area contributed by atoms with Crippen molar-refractivity contribution in [2.45, 2.75) is 43.6 Å². The molecule has 3 rings (SSSR count). The molecule has 0 spiro atoms. The van der Waals surface area contributed by atoms with Crippen molar-refractivity contribution in [3.8, 4) is 0 Å². The van der Waals surface area contributed by atoms with E-state index in [9.17, 15) is 5.11 Å². The molecule has 1 aromatic heterocycles. The van der Waals surface area contributed by atoms with Crippen LogP contribution in [0.3, 0.4) is 0 Å². The zero-order chi connectivity index (χ0) is 13.1. The molecule has 2 atom stereocenters. The summed E-state index contributed by atoms with van der Waals surface area (Å²) in [5.74, 6) is 0.280. The van der Waals surface area contributed by atoms with Crippen LogP contribution in [-0.4, -0.2) is 10.7 Å². The second-order valence-electron chi connectivity index (χ2n) is 5.62. The molecule has 0 amide bonds. The minimum atomic E-state index is -0.569. The van der Waals surface area contributed by atoms with Crippen molar-refractivity contribution in [3.05, 3.63) is 58.3 Å². The zero-order valence-corrected chi connectivity index (χ0v) is 11.9. The summed E-state index contributed by atoms with van der Waals surface area (Å²) < 4.78 is 0. The molecule has 0 aliphatic heterocycles. The summed E-state index contributed by atoms with van der Waals surface area (Å²) in [5, 5.41) is 15.4. The van der Waals surface area contributed by atoms with Gasteiger partial charge in [-0.3, -0.25) is 0 Å². The summed E-state index contributed by atoms with van der Waals surface area (Å²) in [5.41, 5.74) is 2.00. The normalized spacial score (nSPS) is 27.3. The molecule has 0 saturated heterocycles. The molecule has 1 N–H and O–H groups in total. The van der Waals surface area contributed by atoms with Crippen molar-refractivity contribution in [1.82, 2.24) is 0 Å². The van der Waals surface area contributed by atoms with Gasteiger partial charge in [-0.05, 0) is 40.8 Å². The third-order valence-electron chi connectivity index (χ3n) is 4.29. The Balaban J connectivity index is 1.88. The highest BCUT2D eigenvalue weighted by Gasteiger charge is 2.39. The molecule has 2 unspecified atom stereocenters. The summed E-state index contributed by atoms with van der Waals surface area (Å²) in [6, 6.07) is 12.7. The van der Waals surface area contributed by atoms with E-state index < -0.39 is 5.60 Å². The quantitative estimate of drug-likeness (QED) is 0.879. The van der Waals surface area contributed by atoms with E-state index >= 15 is 0 Å². The molecule has 1 nitrogen and oxygen atoms in total. The third kappa shape index (κ3) is 2.75. The number of hydrogen-bond donors (Lipinski definition) is 1. The number of hydrogen-bond acceptors (Lipinski definition) is 2. The van der Waals surface area contributed by atoms with E-state index in [4.69, 9.17) is 0 Å². The minimum absolute atomic E-state index is 0.280. The topological polar surface area (TPSA) is 20.2 Å². The Kier molecular flexibility index (Phi) is 3.72. The van der Waals surface area contributed by atoms with Crippen LogP contribution in [-0.2, 0) is 6.42 Å². The Hall–Kier alpha value is -1.12. The van der Waals surface area contributed by atoms with E-state index in [-0.39, 0.29) is 5.92 Å². The molecule has 1 aliphatic rings. The van der Waals surface area contributed by atoms with Crippen molar-refractivity contribution in [2.24, 2.45) is 0 Å². The van der Waals surface area contributed by atoms with Crippen molar-refractivity contribution in [1.29, 1.82) is 0 Å². The first-order valence-corrected chi connectivity index (χ1v) is 8.01. The monoisotopic (exact) mass is 272 g/mol. The van der Waals surface area contributed by atoms with Crippen LogP contribution in [0, 0.1) is 0 Å². The van der Waals surface area contributed by atoms with Crippen molar-refractivity contribution in [3.63, 3.8) is 0 Å². The van der Waals surface area contributed by atoms with Gasteiger partial charge in [-0.1, -0.05) is 43.2 Å². The molecule has 1 heterocycles. The fraction of sp³-hybridized carbons (Fsp3) is 0.412. The van der Waals surface area contributed by atoms with Crippen molar-refractivity contribution >= 4 is 11.3 Å². The number of thiophene rings is 1. The summed E-state index contributed by atoms with van der Waals surface area (Å²) in [7, 11) is 0. The zero-order valence-electron chi connectivity index (χ0n) is 11.1. The van der Waals surface area contributed by atoms with Crippen molar-refractivity contribution < 1.29 is 5.11 Å². The maximum Gasteiger partial charge on any atom is 0.0756 e. The van der Waals surface area contributed by atoms with Crippen LogP contribution >= 0.6 is 11.3 Å². The summed E-state index contributed by atoms with van der Waals surface area (Å²) in [6.07, 6.45) is 5.18. The molecule has 1 saturated carbocycles. The van der Waals surface area contributed by atoms with Crippen LogP contribution in [0.2, 0.25) is 0 Å². The number of benzene rings is 1. The first-order chi connectivity index (χ1) is 9.28. The van der Waals surface area contributed by atoms with Gasteiger partial charge in [0.25, 0.3) is 0 Å². The predicted molar refractivity (Wildman–Crippen MR) is 80.6 cm³/mol. The lowest BCUT2D eigenvalue weighted by Crippen LogP contribution is -2.41. The minimum Gasteiger partial charge on any atom is -0.389 e. The first kappa shape index (κ1) is 12.9. The maximum absolute atomic E-state index is 11.2. The van der Waals surface area contributed by atoms with E-state index in [0.717, 1.165) is 25.7 Å². The molecule has 100 valence electrons. The van der Waals surface area contributed by atoms with Gasteiger partial charge in [0.05, 0.1) is 5.60 Å². The van der Waals surface area contributed by atoms with Gasteiger partial charge in [-0.25, -0.2) is 0 Å². The van der Waals surface area contributed by atoms with Crippen LogP contribution in [0.1, 0.15) is 42.7 Å². The van der Waals surface area contributed by atoms with E-state index in [1.165, 1.54) is 17.5 Å². The maximum atomic E-state index is 11.2. The fourth-order valence-electron chi connectivity index (χ4n) is 3.34. The van der Waals surface area contributed by atoms with Crippen LogP contribution in [0.5, 0.6) is 0 Å². The van der Waals surface area contributed by atoms with E-state index in [2.05, 4.69) is 41.1 Å². The Morgan fingerprint density at radius 3 is 2.74 bits per heavy atom. The van der Waals surface area contributed by atoms with Crippen LogP contribution in [0.25, 0.3) is 0 Å². The summed E-state index contributed by atoms with van der Waals surface area (Å²) >= 11 is 1.71. The average Bonchev–Trinajstić information content (AvgIpc) is 2.92. The van der Waals surface area contributed by atoms with E-state index in [1.54, 1.807) is 11.3 Å². The highest BCUT2D eigenvalue weighted by atomic mass is 32.1. The second-order valence-corrected chi connectivity index (χ2v) is 6.40. The third-order valence-corrected chi connectivity index (χ3v) is 5.03. The van der Waals surface area contributed by atoms with Gasteiger partial charge in [-0.15, -0.1) is 0 Å². The molecule has 2 aromatic rings. The Morgan fingerprint density at radius 1 is 1.16 bits per heavy atom. The Labute approximate surface area is 118 Å². The lowest BCUT2D eigenvalue weighted by atomic mass is 9.69. The van der Waals surface area contributed by atoms with Gasteiger partial charge in [0.15, 0.2) is 0 Å². The van der Waals surface area contributed by atoms with Gasteiger partial charge in [0.1, 0.15) is 0 Å². The van der Waals surface area contributed by atoms with Gasteiger partial charge in [-0.2, -0.15) is 11.3 Å². The molecule has 1 fully saturated rings. The number of rotatable bonds is 3. The summed E-state index contributed by atoms with van der Waals surface area (Å²) in [4.78, 5) is 0. The largest absolute Gasteiger partial charge is 0.389 e. The summed E-state index contributed by atoms with van der Waals surface area (Å²) in [6.45, 7) is 0. The molecule has 2 heteroatoms.